The first kappa shape index (κ1) is 18.1. The topological polar surface area (TPSA) is 74.3 Å². The Morgan fingerprint density at radius 3 is 2.65 bits per heavy atom. The Kier molecular flexibility index (Phi) is 5.63. The van der Waals surface area contributed by atoms with Crippen LogP contribution in [0, 0.1) is 5.92 Å². The van der Waals surface area contributed by atoms with Crippen LogP contribution in [-0.2, 0) is 4.79 Å². The van der Waals surface area contributed by atoms with Gasteiger partial charge in [-0.15, -0.1) is 0 Å². The van der Waals surface area contributed by atoms with Crippen LogP contribution in [0.2, 0.25) is 0 Å². The lowest BCUT2D eigenvalue weighted by Gasteiger charge is -2.36. The van der Waals surface area contributed by atoms with Gasteiger partial charge in [-0.2, -0.15) is 0 Å². The Balaban J connectivity index is 1.75. The minimum absolute atomic E-state index is 0.0120. The van der Waals surface area contributed by atoms with Gasteiger partial charge in [0.15, 0.2) is 0 Å². The third-order valence-corrected chi connectivity index (χ3v) is 4.50. The molecule has 1 saturated heterocycles. The van der Waals surface area contributed by atoms with Crippen LogP contribution < -0.4 is 10.6 Å². The number of amides is 2. The molecule has 2 aromatic rings. The molecule has 6 nitrogen and oxygen atoms in total. The van der Waals surface area contributed by atoms with Gasteiger partial charge in [0.1, 0.15) is 0 Å². The van der Waals surface area contributed by atoms with Crippen molar-refractivity contribution in [3.63, 3.8) is 0 Å². The van der Waals surface area contributed by atoms with Gasteiger partial charge in [0.25, 0.3) is 5.91 Å². The molecule has 1 unspecified atom stereocenters. The average Bonchev–Trinajstić information content (AvgIpc) is 2.68. The van der Waals surface area contributed by atoms with E-state index in [-0.39, 0.29) is 23.8 Å². The first-order valence-corrected chi connectivity index (χ1v) is 8.89. The van der Waals surface area contributed by atoms with Gasteiger partial charge in [-0.25, -0.2) is 0 Å². The molecule has 136 valence electrons. The normalized spacial score (nSPS) is 17.2. The molecule has 1 aliphatic rings. The number of rotatable bonds is 4. The van der Waals surface area contributed by atoms with Crippen LogP contribution in [0.3, 0.4) is 0 Å². The highest BCUT2D eigenvalue weighted by molar-refractivity contribution is 5.96. The number of pyridine rings is 1. The van der Waals surface area contributed by atoms with Crippen LogP contribution in [0.1, 0.15) is 35.8 Å². The number of carbonyl (C=O) groups excluding carboxylic acids is 2. The van der Waals surface area contributed by atoms with Crippen molar-refractivity contribution in [1.82, 2.24) is 15.2 Å². The van der Waals surface area contributed by atoms with Gasteiger partial charge in [-0.05, 0) is 35.9 Å². The van der Waals surface area contributed by atoms with Crippen molar-refractivity contribution in [1.29, 1.82) is 0 Å². The first-order valence-electron chi connectivity index (χ1n) is 8.89. The lowest BCUT2D eigenvalue weighted by atomic mass is 10.0. The Hall–Kier alpha value is -2.73. The molecular weight excluding hydrogens is 328 g/mol. The molecule has 0 radical (unpaired) electrons. The van der Waals surface area contributed by atoms with Gasteiger partial charge in [0, 0.05) is 49.2 Å². The third kappa shape index (κ3) is 4.08. The van der Waals surface area contributed by atoms with Crippen molar-refractivity contribution in [3.8, 4) is 0 Å². The minimum Gasteiger partial charge on any atom is -0.329 e. The van der Waals surface area contributed by atoms with E-state index in [0.29, 0.717) is 24.3 Å². The fraction of sp³-hybridized carbons (Fsp3) is 0.350. The average molecular weight is 352 g/mol. The van der Waals surface area contributed by atoms with Gasteiger partial charge in [0.2, 0.25) is 5.91 Å². The molecule has 1 aromatic carbocycles. The van der Waals surface area contributed by atoms with Gasteiger partial charge in [0.05, 0.1) is 6.04 Å². The van der Waals surface area contributed by atoms with Crippen LogP contribution in [-0.4, -0.2) is 41.3 Å². The molecule has 0 saturated carbocycles. The van der Waals surface area contributed by atoms with Crippen LogP contribution in [0.5, 0.6) is 0 Å². The van der Waals surface area contributed by atoms with Gasteiger partial charge < -0.3 is 15.5 Å². The number of carbonyl (C=O) groups is 2. The van der Waals surface area contributed by atoms with Crippen LogP contribution in [0.4, 0.5) is 5.69 Å². The molecule has 2 N–H and O–H groups in total. The summed E-state index contributed by atoms with van der Waals surface area (Å²) in [6.45, 7) is 5.81. The summed E-state index contributed by atoms with van der Waals surface area (Å²) in [6.07, 6.45) is 3.54. The Bertz CT molecular complexity index is 759. The summed E-state index contributed by atoms with van der Waals surface area (Å²) in [5, 5.41) is 6.18. The molecule has 2 amide bonds. The summed E-state index contributed by atoms with van der Waals surface area (Å²) >= 11 is 0. The lowest BCUT2D eigenvalue weighted by Crippen LogP contribution is -2.48. The fourth-order valence-electron chi connectivity index (χ4n) is 2.97. The molecule has 1 fully saturated rings. The minimum atomic E-state index is -0.0857. The zero-order valence-electron chi connectivity index (χ0n) is 15.1. The number of nitrogens with one attached hydrogen (secondary N) is 2. The summed E-state index contributed by atoms with van der Waals surface area (Å²) < 4.78 is 0. The molecule has 1 aromatic heterocycles. The zero-order valence-corrected chi connectivity index (χ0v) is 15.1. The number of benzene rings is 1. The smallest absolute Gasteiger partial charge is 0.254 e. The van der Waals surface area contributed by atoms with E-state index in [1.807, 2.05) is 37.1 Å². The highest BCUT2D eigenvalue weighted by Crippen LogP contribution is 2.24. The first-order chi connectivity index (χ1) is 12.6. The fourth-order valence-corrected chi connectivity index (χ4v) is 2.97. The maximum Gasteiger partial charge on any atom is 0.254 e. The summed E-state index contributed by atoms with van der Waals surface area (Å²) in [7, 11) is 0. The molecule has 0 bridgehead atoms. The number of hydrogen-bond acceptors (Lipinski definition) is 4. The quantitative estimate of drug-likeness (QED) is 0.886. The van der Waals surface area contributed by atoms with Crippen LogP contribution in [0.15, 0.2) is 48.8 Å². The molecule has 2 heterocycles. The highest BCUT2D eigenvalue weighted by Gasteiger charge is 2.28. The molecule has 1 atom stereocenters. The number of aromatic nitrogens is 1. The zero-order chi connectivity index (χ0) is 18.5. The second kappa shape index (κ2) is 8.10. The van der Waals surface area contributed by atoms with E-state index < -0.39 is 0 Å². The van der Waals surface area contributed by atoms with Crippen molar-refractivity contribution >= 4 is 17.5 Å². The van der Waals surface area contributed by atoms with Crippen LogP contribution >= 0.6 is 0 Å². The maximum atomic E-state index is 13.0. The van der Waals surface area contributed by atoms with E-state index in [0.717, 1.165) is 12.1 Å². The lowest BCUT2D eigenvalue weighted by molar-refractivity contribution is -0.118. The molecule has 26 heavy (non-hydrogen) atoms. The summed E-state index contributed by atoms with van der Waals surface area (Å²) in [4.78, 5) is 30.9. The highest BCUT2D eigenvalue weighted by atomic mass is 16.2. The summed E-state index contributed by atoms with van der Waals surface area (Å²) in [5.74, 6) is -0.137. The summed E-state index contributed by atoms with van der Waals surface area (Å²) in [6, 6.07) is 10.9. The predicted octanol–water partition coefficient (Wildman–Crippen LogP) is 2.46. The van der Waals surface area contributed by atoms with Crippen molar-refractivity contribution in [3.05, 3.63) is 59.9 Å². The standard InChI is InChI=1S/C20H24N4O2/c1-14(2)19(25)23-17-7-5-15(6-8-17)20(26)24-11-10-22-13-18(24)16-4-3-9-21-12-16/h3-9,12,14,18,22H,10-11,13H2,1-2H3,(H,23,25). The molecular formula is C20H24N4O2. The molecule has 3 rings (SSSR count). The monoisotopic (exact) mass is 352 g/mol. The van der Waals surface area contributed by atoms with Gasteiger partial charge in [-0.1, -0.05) is 19.9 Å². The predicted molar refractivity (Wildman–Crippen MR) is 101 cm³/mol. The Morgan fingerprint density at radius 1 is 1.23 bits per heavy atom. The Labute approximate surface area is 153 Å². The van der Waals surface area contributed by atoms with Crippen molar-refractivity contribution in [2.75, 3.05) is 25.0 Å². The van der Waals surface area contributed by atoms with E-state index in [1.54, 1.807) is 30.5 Å². The Morgan fingerprint density at radius 2 is 2.00 bits per heavy atom. The van der Waals surface area contributed by atoms with E-state index in [9.17, 15) is 9.59 Å². The van der Waals surface area contributed by atoms with E-state index in [1.165, 1.54) is 0 Å². The number of hydrogen-bond donors (Lipinski definition) is 2. The van der Waals surface area contributed by atoms with E-state index >= 15 is 0 Å². The van der Waals surface area contributed by atoms with Crippen molar-refractivity contribution < 1.29 is 9.59 Å². The number of piperazine rings is 1. The second-order valence-electron chi connectivity index (χ2n) is 6.73. The molecule has 0 aliphatic carbocycles. The second-order valence-corrected chi connectivity index (χ2v) is 6.73. The molecule has 6 heteroatoms. The van der Waals surface area contributed by atoms with Crippen molar-refractivity contribution in [2.45, 2.75) is 19.9 Å². The van der Waals surface area contributed by atoms with Crippen LogP contribution in [0.25, 0.3) is 0 Å². The molecule has 1 aliphatic heterocycles. The van der Waals surface area contributed by atoms with Gasteiger partial charge in [-0.3, -0.25) is 14.6 Å². The number of nitrogens with zero attached hydrogens (tertiary/aromatic N) is 2. The maximum absolute atomic E-state index is 13.0. The largest absolute Gasteiger partial charge is 0.329 e. The van der Waals surface area contributed by atoms with Gasteiger partial charge >= 0.3 is 0 Å². The van der Waals surface area contributed by atoms with E-state index in [2.05, 4.69) is 15.6 Å². The third-order valence-electron chi connectivity index (χ3n) is 4.50. The molecule has 0 spiro atoms. The SMILES string of the molecule is CC(C)C(=O)Nc1ccc(C(=O)N2CCNCC2c2cccnc2)cc1. The summed E-state index contributed by atoms with van der Waals surface area (Å²) in [5.41, 5.74) is 2.33. The number of anilines is 1. The van der Waals surface area contributed by atoms with E-state index in [4.69, 9.17) is 0 Å². The van der Waals surface area contributed by atoms with Crippen molar-refractivity contribution in [2.24, 2.45) is 5.92 Å².